The van der Waals surface area contributed by atoms with E-state index >= 15 is 0 Å². The van der Waals surface area contributed by atoms with Gasteiger partial charge in [-0.05, 0) is 138 Å². The van der Waals surface area contributed by atoms with Crippen LogP contribution in [0.5, 0.6) is 11.5 Å². The van der Waals surface area contributed by atoms with Crippen LogP contribution in [0.15, 0.2) is 124 Å². The summed E-state index contributed by atoms with van der Waals surface area (Å²) in [6, 6.07) is 36.6. The molecule has 4 N–H and O–H groups in total. The summed E-state index contributed by atoms with van der Waals surface area (Å²) in [5.74, 6) is -1.94. The van der Waals surface area contributed by atoms with E-state index in [-0.39, 0.29) is 36.3 Å². The molecule has 0 aliphatic carbocycles. The molecule has 2 aromatic heterocycles. The fraction of sp³-hybridized carbons (Fsp3) is 0.254. The number of ether oxygens (including phenoxy) is 4. The molecule has 0 aliphatic heterocycles. The van der Waals surface area contributed by atoms with E-state index in [1.165, 1.54) is 29.6 Å². The Balaban J connectivity index is 0.000000268. The number of carboxylic acids is 1. The lowest BCUT2D eigenvalue weighted by molar-refractivity contribution is -0.157. The smallest absolute Gasteiger partial charge is 0.408 e. The lowest BCUT2D eigenvalue weighted by Crippen LogP contribution is -2.52. The monoisotopic (exact) mass is 1240 g/mol. The third-order valence-electron chi connectivity index (χ3n) is 12.5. The Bertz CT molecular complexity index is 3900. The molecule has 5 aromatic carbocycles. The van der Waals surface area contributed by atoms with Crippen molar-refractivity contribution in [3.05, 3.63) is 163 Å². The lowest BCUT2D eigenvalue weighted by Gasteiger charge is -2.26. The van der Waals surface area contributed by atoms with Crippen LogP contribution in [0.4, 0.5) is 4.79 Å². The van der Waals surface area contributed by atoms with Crippen LogP contribution in [-0.2, 0) is 25.5 Å². The van der Waals surface area contributed by atoms with Crippen molar-refractivity contribution < 1.29 is 48.0 Å². The number of halogens is 2. The Labute approximate surface area is 496 Å². The van der Waals surface area contributed by atoms with E-state index in [4.69, 9.17) is 24.7 Å². The van der Waals surface area contributed by atoms with Crippen LogP contribution in [0.25, 0.3) is 45.1 Å². The van der Waals surface area contributed by atoms with Gasteiger partial charge in [-0.15, -0.1) is 0 Å². The molecule has 0 unspecified atom stereocenters. The van der Waals surface area contributed by atoms with Gasteiger partial charge in [0.1, 0.15) is 34.3 Å². The average molecular weight is 1250 g/mol. The number of carbonyl (C=O) groups excluding carboxylic acids is 4. The van der Waals surface area contributed by atoms with E-state index in [2.05, 4.69) is 61.5 Å². The average Bonchev–Trinajstić information content (AvgIpc) is 3.40. The first-order chi connectivity index (χ1) is 39.2. The highest BCUT2D eigenvalue weighted by Gasteiger charge is 2.38. The molecule has 2 heterocycles. The van der Waals surface area contributed by atoms with Crippen LogP contribution >= 0.6 is 31.9 Å². The molecule has 1 amide bonds. The largest absolute Gasteiger partial charge is 0.496 e. The van der Waals surface area contributed by atoms with Gasteiger partial charge in [-0.3, -0.25) is 23.5 Å². The zero-order chi connectivity index (χ0) is 61.0. The number of allylic oxidation sites excluding steroid dienone is 2. The van der Waals surface area contributed by atoms with Crippen molar-refractivity contribution in [2.75, 3.05) is 14.2 Å². The Morgan fingerprint density at radius 3 is 1.55 bits per heavy atom. The van der Waals surface area contributed by atoms with E-state index in [1.54, 1.807) is 157 Å². The predicted molar refractivity (Wildman–Crippen MR) is 320 cm³/mol. The number of aromatic nitrogens is 2. The molecular formula is C63H58Br2N8O10. The highest BCUT2D eigenvalue weighted by atomic mass is 79.9. The summed E-state index contributed by atoms with van der Waals surface area (Å²) in [4.78, 5) is 64.9. The second-order valence-electron chi connectivity index (χ2n) is 21.0. The van der Waals surface area contributed by atoms with Crippen molar-refractivity contribution in [1.82, 2.24) is 14.5 Å². The van der Waals surface area contributed by atoms with Crippen LogP contribution in [-0.4, -0.2) is 81.1 Å². The number of hydrogen-bond donors (Lipinski definition) is 3. The quantitative estimate of drug-likeness (QED) is 0.0599. The van der Waals surface area contributed by atoms with Gasteiger partial charge in [0.2, 0.25) is 11.8 Å². The molecule has 0 aliphatic rings. The van der Waals surface area contributed by atoms with Gasteiger partial charge >= 0.3 is 18.0 Å². The number of amides is 1. The summed E-state index contributed by atoms with van der Waals surface area (Å²) in [6.07, 6.45) is 4.76. The molecule has 2 atom stereocenters. The third kappa shape index (κ3) is 16.2. The topological polar surface area (TPSA) is 286 Å². The van der Waals surface area contributed by atoms with Crippen LogP contribution < -0.4 is 20.5 Å². The molecule has 20 heteroatoms. The first-order valence-electron chi connectivity index (χ1n) is 25.6. The number of aliphatic carboxylic acids is 1. The zero-order valence-electron chi connectivity index (χ0n) is 46.7. The van der Waals surface area contributed by atoms with Crippen LogP contribution in [0, 0.1) is 45.3 Å². The SMILES string of the molecule is COc1ccc(C#N)cc1/C=C(\C#N)c1cn(C(=O)CC[C@@H](NC(=O)OC(C)(C)C)C(=O)OC(C)(C)C)c2ccc(Br)cc12.COc1ccc(C#N)cc1/C=C(\C#N)c1cn(C(=O)C[C@](N)(Cc2ccccc2)C(=O)O)c2ccc(Br)cc12. The number of benzene rings is 5. The van der Waals surface area contributed by atoms with Gasteiger partial charge in [0, 0.05) is 67.2 Å². The highest BCUT2D eigenvalue weighted by Crippen LogP contribution is 2.35. The molecule has 0 bridgehead atoms. The first kappa shape index (κ1) is 62.9. The van der Waals surface area contributed by atoms with E-state index in [9.17, 15) is 50.1 Å². The van der Waals surface area contributed by atoms with Crippen LogP contribution in [0.2, 0.25) is 0 Å². The normalized spacial score (nSPS) is 12.7. The van der Waals surface area contributed by atoms with Crippen molar-refractivity contribution in [2.45, 2.75) is 90.0 Å². The van der Waals surface area contributed by atoms with Crippen LogP contribution in [0.3, 0.4) is 0 Å². The molecular weight excluding hydrogens is 1190 g/mol. The molecule has 0 fully saturated rings. The van der Waals surface area contributed by atoms with E-state index in [0.717, 1.165) is 8.95 Å². The summed E-state index contributed by atoms with van der Waals surface area (Å²) in [6.45, 7) is 10.2. The van der Waals surface area contributed by atoms with Crippen molar-refractivity contribution in [3.8, 4) is 35.8 Å². The molecule has 0 spiro atoms. The van der Waals surface area contributed by atoms with E-state index < -0.39 is 53.1 Å². The van der Waals surface area contributed by atoms with Gasteiger partial charge in [-0.1, -0.05) is 62.2 Å². The zero-order valence-corrected chi connectivity index (χ0v) is 49.8. The number of carbonyl (C=O) groups is 5. The number of nitriles is 4. The standard InChI is InChI=1S/C33H35BrN4O6.C30H23BrN4O4/c1-32(2,3)43-30(40)26(37-31(41)44-33(4,5)6)10-13-29(39)38-19-25(24-16-23(34)9-11-27(24)38)22(18-36)15-21-14-20(17-35)8-12-28(21)42-7;1-39-27-10-7-20(16-32)11-21(27)12-22(17-33)25-18-35(26-9-8-23(31)13-24(25)26)28(36)15-30(34,29(37)38)14-19-5-3-2-4-6-19/h8-9,11-12,14-16,19,26H,10,13H2,1-7H3,(H,37,41);2-13,18H,14-15,34H2,1H3,(H,37,38)/b22-15+;22-12+/t26-;30-/m11/s1. The Hall–Kier alpha value is -9.31. The van der Waals surface area contributed by atoms with Gasteiger partial charge in [0.05, 0.1) is 78.2 Å². The molecule has 7 rings (SSSR count). The number of hydrogen-bond acceptors (Lipinski definition) is 14. The van der Waals surface area contributed by atoms with Gasteiger partial charge in [0.15, 0.2) is 0 Å². The van der Waals surface area contributed by atoms with Gasteiger partial charge in [-0.25, -0.2) is 9.59 Å². The van der Waals surface area contributed by atoms with Crippen LogP contribution in [0.1, 0.15) is 109 Å². The summed E-state index contributed by atoms with van der Waals surface area (Å²) in [5, 5.41) is 52.7. The molecule has 0 saturated carbocycles. The van der Waals surface area contributed by atoms with Crippen molar-refractivity contribution in [1.29, 1.82) is 21.0 Å². The molecule has 0 radical (unpaired) electrons. The maximum atomic E-state index is 13.6. The number of nitrogens with one attached hydrogen (secondary N) is 1. The van der Waals surface area contributed by atoms with Gasteiger partial charge in [0.25, 0.3) is 0 Å². The number of alkyl carbamates (subject to hydrolysis) is 1. The van der Waals surface area contributed by atoms with Gasteiger partial charge < -0.3 is 35.1 Å². The number of esters is 1. The molecule has 0 saturated heterocycles. The first-order valence-corrected chi connectivity index (χ1v) is 27.2. The van der Waals surface area contributed by atoms with Crippen molar-refractivity contribution >= 4 is 107 Å². The Morgan fingerprint density at radius 1 is 0.663 bits per heavy atom. The fourth-order valence-corrected chi connectivity index (χ4v) is 9.44. The summed E-state index contributed by atoms with van der Waals surface area (Å²) in [5.41, 5.74) is 7.80. The summed E-state index contributed by atoms with van der Waals surface area (Å²) in [7, 11) is 2.98. The number of nitrogens with zero attached hydrogens (tertiary/aromatic N) is 6. The maximum Gasteiger partial charge on any atom is 0.408 e. The number of fused-ring (bicyclic) bond motifs is 2. The fourth-order valence-electron chi connectivity index (χ4n) is 8.72. The predicted octanol–water partition coefficient (Wildman–Crippen LogP) is 12.4. The number of carboxylic acid groups (broad SMARTS) is 1. The van der Waals surface area contributed by atoms with Crippen molar-refractivity contribution in [3.63, 3.8) is 0 Å². The molecule has 18 nitrogen and oxygen atoms in total. The molecule has 7 aromatic rings. The van der Waals surface area contributed by atoms with Gasteiger partial charge in [-0.2, -0.15) is 21.0 Å². The number of rotatable bonds is 16. The minimum atomic E-state index is -1.84. The molecule has 424 valence electrons. The minimum absolute atomic E-state index is 0.0368. The minimum Gasteiger partial charge on any atom is -0.496 e. The highest BCUT2D eigenvalue weighted by molar-refractivity contribution is 9.10. The maximum absolute atomic E-state index is 13.6. The summed E-state index contributed by atoms with van der Waals surface area (Å²) < 4.78 is 25.9. The number of methoxy groups -OCH3 is 2. The third-order valence-corrected chi connectivity index (χ3v) is 13.5. The van der Waals surface area contributed by atoms with E-state index in [1.807, 2.05) is 6.07 Å². The number of nitrogens with two attached hydrogens (primary N) is 1. The second-order valence-corrected chi connectivity index (χ2v) is 22.8. The Kier molecular flexibility index (Phi) is 20.4. The molecule has 83 heavy (non-hydrogen) atoms. The lowest BCUT2D eigenvalue weighted by atomic mass is 9.88. The second kappa shape index (κ2) is 27.0. The van der Waals surface area contributed by atoms with Crippen molar-refractivity contribution in [2.24, 2.45) is 5.73 Å². The Morgan fingerprint density at radius 2 is 1.13 bits per heavy atom. The van der Waals surface area contributed by atoms with E-state index in [0.29, 0.717) is 72.2 Å². The summed E-state index contributed by atoms with van der Waals surface area (Å²) >= 11 is 6.92.